The Morgan fingerprint density at radius 1 is 0.609 bits per heavy atom. The van der Waals surface area contributed by atoms with Crippen LogP contribution in [0.25, 0.3) is 0 Å². The van der Waals surface area contributed by atoms with Gasteiger partial charge in [-0.3, -0.25) is 0 Å². The molecule has 0 heterocycles. The van der Waals surface area contributed by atoms with Gasteiger partial charge < -0.3 is 4.90 Å². The molecule has 3 aromatic rings. The van der Waals surface area contributed by atoms with Gasteiger partial charge in [0.15, 0.2) is 0 Å². The molecule has 1 heteroatoms. The van der Waals surface area contributed by atoms with Gasteiger partial charge in [0.2, 0.25) is 0 Å². The van der Waals surface area contributed by atoms with Crippen LogP contribution in [-0.2, 0) is 12.8 Å². The van der Waals surface area contributed by atoms with Gasteiger partial charge in [-0.05, 0) is 36.1 Å². The van der Waals surface area contributed by atoms with Gasteiger partial charge >= 0.3 is 0 Å². The molecule has 0 saturated carbocycles. The first kappa shape index (κ1) is 15.4. The summed E-state index contributed by atoms with van der Waals surface area (Å²) in [7, 11) is 2.20. The lowest BCUT2D eigenvalue weighted by Gasteiger charge is -2.30. The summed E-state index contributed by atoms with van der Waals surface area (Å²) >= 11 is 0. The maximum atomic E-state index is 2.40. The van der Waals surface area contributed by atoms with Crippen molar-refractivity contribution in [1.29, 1.82) is 0 Å². The highest BCUT2D eigenvalue weighted by Crippen LogP contribution is 2.20. The summed E-state index contributed by atoms with van der Waals surface area (Å²) in [6, 6.07) is 32.6. The van der Waals surface area contributed by atoms with Crippen molar-refractivity contribution in [3.8, 4) is 0 Å². The first-order valence-electron chi connectivity index (χ1n) is 8.18. The second-order valence-electron chi connectivity index (χ2n) is 5.98. The topological polar surface area (TPSA) is 3.24 Å². The number of hydrogen-bond acceptors (Lipinski definition) is 1. The van der Waals surface area contributed by atoms with Crippen LogP contribution in [0.2, 0.25) is 0 Å². The molecule has 0 radical (unpaired) electrons. The van der Waals surface area contributed by atoms with Gasteiger partial charge in [0, 0.05) is 18.8 Å². The molecule has 0 amide bonds. The molecule has 23 heavy (non-hydrogen) atoms. The number of para-hydroxylation sites is 1. The van der Waals surface area contributed by atoms with E-state index in [1.807, 2.05) is 0 Å². The van der Waals surface area contributed by atoms with Crippen LogP contribution in [0.15, 0.2) is 91.0 Å². The first-order chi connectivity index (χ1) is 11.3. The van der Waals surface area contributed by atoms with E-state index < -0.39 is 0 Å². The highest BCUT2D eigenvalue weighted by Gasteiger charge is 2.16. The molecule has 0 spiro atoms. The molecule has 0 aliphatic rings. The lowest BCUT2D eigenvalue weighted by atomic mass is 9.97. The van der Waals surface area contributed by atoms with E-state index in [1.165, 1.54) is 16.8 Å². The van der Waals surface area contributed by atoms with Crippen LogP contribution in [0.1, 0.15) is 11.1 Å². The van der Waals surface area contributed by atoms with Gasteiger partial charge in [-0.1, -0.05) is 78.9 Å². The smallest absolute Gasteiger partial charge is 0.0367 e. The predicted octanol–water partition coefficient (Wildman–Crippen LogP) is 4.98. The van der Waals surface area contributed by atoms with Crippen molar-refractivity contribution in [3.05, 3.63) is 102 Å². The van der Waals surface area contributed by atoms with Gasteiger partial charge in [0.05, 0.1) is 0 Å². The van der Waals surface area contributed by atoms with Crippen LogP contribution in [-0.4, -0.2) is 13.1 Å². The zero-order chi connectivity index (χ0) is 15.9. The van der Waals surface area contributed by atoms with E-state index in [1.54, 1.807) is 0 Å². The van der Waals surface area contributed by atoms with Gasteiger partial charge in [-0.2, -0.15) is 0 Å². The van der Waals surface area contributed by atoms with Crippen LogP contribution in [0.5, 0.6) is 0 Å². The zero-order valence-electron chi connectivity index (χ0n) is 13.6. The fraction of sp³-hybridized carbons (Fsp3) is 0.182. The van der Waals surface area contributed by atoms with E-state index in [-0.39, 0.29) is 0 Å². The summed E-state index contributed by atoms with van der Waals surface area (Å²) in [5.41, 5.74) is 4.04. The monoisotopic (exact) mass is 301 g/mol. The maximum absolute atomic E-state index is 2.40. The molecular weight excluding hydrogens is 278 g/mol. The van der Waals surface area contributed by atoms with Crippen LogP contribution < -0.4 is 4.90 Å². The number of likely N-dealkylation sites (N-methyl/N-ethyl adjacent to an activating group) is 1. The second-order valence-corrected chi connectivity index (χ2v) is 5.98. The fourth-order valence-electron chi connectivity index (χ4n) is 2.99. The van der Waals surface area contributed by atoms with Crippen LogP contribution in [0.3, 0.4) is 0 Å². The van der Waals surface area contributed by atoms with Crippen LogP contribution >= 0.6 is 0 Å². The number of benzene rings is 3. The van der Waals surface area contributed by atoms with Gasteiger partial charge in [0.1, 0.15) is 0 Å². The van der Waals surface area contributed by atoms with E-state index in [0.717, 1.165) is 12.8 Å². The van der Waals surface area contributed by atoms with E-state index in [2.05, 4.69) is 103 Å². The molecule has 0 unspecified atom stereocenters. The summed E-state index contributed by atoms with van der Waals surface area (Å²) in [5.74, 6) is 0. The van der Waals surface area contributed by atoms with Crippen LogP contribution in [0, 0.1) is 0 Å². The largest absolute Gasteiger partial charge is 0.371 e. The summed E-state index contributed by atoms with van der Waals surface area (Å²) in [5, 5.41) is 0. The van der Waals surface area contributed by atoms with Crippen molar-refractivity contribution >= 4 is 5.69 Å². The van der Waals surface area contributed by atoms with Gasteiger partial charge in [-0.25, -0.2) is 0 Å². The minimum Gasteiger partial charge on any atom is -0.371 e. The summed E-state index contributed by atoms with van der Waals surface area (Å²) in [6.07, 6.45) is 2.09. The molecule has 116 valence electrons. The molecule has 0 aromatic heterocycles. The number of hydrogen-bond donors (Lipinski definition) is 0. The van der Waals surface area contributed by atoms with E-state index >= 15 is 0 Å². The molecule has 0 atom stereocenters. The lowest BCUT2D eigenvalue weighted by molar-refractivity contribution is 0.622. The third-order valence-corrected chi connectivity index (χ3v) is 4.34. The Kier molecular flexibility index (Phi) is 5.10. The fourth-order valence-corrected chi connectivity index (χ4v) is 2.99. The Balaban J connectivity index is 1.83. The minimum atomic E-state index is 0.433. The highest BCUT2D eigenvalue weighted by molar-refractivity contribution is 5.47. The van der Waals surface area contributed by atoms with Crippen molar-refractivity contribution in [1.82, 2.24) is 0 Å². The Morgan fingerprint density at radius 3 is 1.43 bits per heavy atom. The number of rotatable bonds is 6. The Labute approximate surface area is 139 Å². The quantitative estimate of drug-likeness (QED) is 0.621. The molecule has 0 bridgehead atoms. The Bertz CT molecular complexity index is 650. The molecule has 0 aliphatic heterocycles. The molecular formula is C22H23N. The molecule has 1 nitrogen and oxygen atoms in total. The van der Waals surface area contributed by atoms with Crippen molar-refractivity contribution in [3.63, 3.8) is 0 Å². The zero-order valence-corrected chi connectivity index (χ0v) is 13.6. The van der Waals surface area contributed by atoms with Crippen molar-refractivity contribution in [2.24, 2.45) is 0 Å². The Morgan fingerprint density at radius 2 is 1.00 bits per heavy atom. The average Bonchev–Trinajstić information content (AvgIpc) is 2.63. The second kappa shape index (κ2) is 7.64. The minimum absolute atomic E-state index is 0.433. The normalized spacial score (nSPS) is 10.7. The highest BCUT2D eigenvalue weighted by atomic mass is 15.1. The van der Waals surface area contributed by atoms with Crippen molar-refractivity contribution in [2.75, 3.05) is 11.9 Å². The lowest BCUT2D eigenvalue weighted by Crippen LogP contribution is -2.35. The van der Waals surface area contributed by atoms with Crippen molar-refractivity contribution < 1.29 is 0 Å². The molecule has 0 fully saturated rings. The Hall–Kier alpha value is -2.54. The number of anilines is 1. The third-order valence-electron chi connectivity index (χ3n) is 4.34. The average molecular weight is 301 g/mol. The SMILES string of the molecule is CN(c1ccccc1)C(Cc1ccccc1)Cc1ccccc1. The van der Waals surface area contributed by atoms with E-state index in [4.69, 9.17) is 0 Å². The molecule has 3 rings (SSSR count). The van der Waals surface area contributed by atoms with Gasteiger partial charge in [0.25, 0.3) is 0 Å². The summed E-state index contributed by atoms with van der Waals surface area (Å²) in [6.45, 7) is 0. The molecule has 0 aliphatic carbocycles. The standard InChI is InChI=1S/C22H23N/c1-23(21-15-9-4-10-16-21)22(17-19-11-5-2-6-12-19)18-20-13-7-3-8-14-20/h2-16,22H,17-18H2,1H3. The van der Waals surface area contributed by atoms with E-state index in [0.29, 0.717) is 6.04 Å². The molecule has 0 saturated heterocycles. The third kappa shape index (κ3) is 4.23. The summed E-state index contributed by atoms with van der Waals surface area (Å²) in [4.78, 5) is 2.40. The molecule has 0 N–H and O–H groups in total. The van der Waals surface area contributed by atoms with Crippen molar-refractivity contribution in [2.45, 2.75) is 18.9 Å². The predicted molar refractivity (Wildman–Crippen MR) is 98.9 cm³/mol. The number of nitrogens with zero attached hydrogens (tertiary/aromatic N) is 1. The maximum Gasteiger partial charge on any atom is 0.0367 e. The summed E-state index contributed by atoms with van der Waals surface area (Å²) < 4.78 is 0. The molecule has 3 aromatic carbocycles. The first-order valence-corrected chi connectivity index (χ1v) is 8.18. The van der Waals surface area contributed by atoms with E-state index in [9.17, 15) is 0 Å². The van der Waals surface area contributed by atoms with Gasteiger partial charge in [-0.15, -0.1) is 0 Å². The van der Waals surface area contributed by atoms with Crippen LogP contribution in [0.4, 0.5) is 5.69 Å².